The second-order valence-electron chi connectivity index (χ2n) is 5.52. The van der Waals surface area contributed by atoms with Crippen LogP contribution in [0.1, 0.15) is 23.7 Å². The summed E-state index contributed by atoms with van der Waals surface area (Å²) in [5.74, 6) is -1.97. The lowest BCUT2D eigenvalue weighted by atomic mass is 9.78. The molecule has 0 aromatic heterocycles. The Balaban J connectivity index is 1.94. The molecule has 1 aliphatic carbocycles. The van der Waals surface area contributed by atoms with Crippen LogP contribution in [0.4, 0.5) is 5.69 Å². The molecular formula is C16H15NO4. The van der Waals surface area contributed by atoms with Gasteiger partial charge in [0.25, 0.3) is 0 Å². The molecule has 1 heterocycles. The Hall–Kier alpha value is -2.43. The van der Waals surface area contributed by atoms with Gasteiger partial charge in [0.2, 0.25) is 11.8 Å². The molecule has 5 nitrogen and oxygen atoms in total. The third-order valence-electron chi connectivity index (χ3n) is 4.25. The Kier molecular flexibility index (Phi) is 3.12. The maximum Gasteiger partial charge on any atom is 0.335 e. The number of aromatic carboxylic acids is 1. The molecule has 1 aliphatic heterocycles. The van der Waals surface area contributed by atoms with Crippen molar-refractivity contribution in [1.29, 1.82) is 0 Å². The van der Waals surface area contributed by atoms with E-state index in [9.17, 15) is 14.4 Å². The minimum absolute atomic E-state index is 0.0449. The number of carboxylic acid groups (broad SMARTS) is 1. The molecule has 0 saturated carbocycles. The van der Waals surface area contributed by atoms with Crippen LogP contribution in [0.5, 0.6) is 0 Å². The van der Waals surface area contributed by atoms with Gasteiger partial charge in [-0.15, -0.1) is 0 Å². The van der Waals surface area contributed by atoms with E-state index in [-0.39, 0.29) is 35.1 Å². The summed E-state index contributed by atoms with van der Waals surface area (Å²) in [6.07, 6.45) is 4.51. The van der Waals surface area contributed by atoms with E-state index in [1.54, 1.807) is 0 Å². The maximum absolute atomic E-state index is 12.5. The highest BCUT2D eigenvalue weighted by Crippen LogP contribution is 2.40. The van der Waals surface area contributed by atoms with Crippen molar-refractivity contribution in [2.24, 2.45) is 17.8 Å². The van der Waals surface area contributed by atoms with Gasteiger partial charge >= 0.3 is 5.97 Å². The lowest BCUT2D eigenvalue weighted by Crippen LogP contribution is -2.31. The number of rotatable bonds is 2. The lowest BCUT2D eigenvalue weighted by Gasteiger charge is -2.22. The van der Waals surface area contributed by atoms with E-state index in [0.717, 1.165) is 0 Å². The van der Waals surface area contributed by atoms with Gasteiger partial charge in [0.05, 0.1) is 23.1 Å². The van der Waals surface area contributed by atoms with Crippen molar-refractivity contribution in [1.82, 2.24) is 0 Å². The molecule has 0 unspecified atom stereocenters. The van der Waals surface area contributed by atoms with E-state index >= 15 is 0 Å². The standard InChI is InChI=1S/C16H15NO4/c1-9-3-2-4-12-13(9)15(19)17(14(12)18)11-7-5-10(6-8-11)16(20)21/h2-3,5-9,12-13H,4H2,1H3,(H,20,21)/t9-,12-,13-/m1/s1. The quantitative estimate of drug-likeness (QED) is 0.667. The summed E-state index contributed by atoms with van der Waals surface area (Å²) in [6, 6.07) is 5.83. The van der Waals surface area contributed by atoms with E-state index < -0.39 is 5.97 Å². The Labute approximate surface area is 121 Å². The molecular weight excluding hydrogens is 270 g/mol. The van der Waals surface area contributed by atoms with Gasteiger partial charge in [-0.05, 0) is 36.6 Å². The first-order valence-corrected chi connectivity index (χ1v) is 6.88. The Morgan fingerprint density at radius 1 is 1.19 bits per heavy atom. The smallest absolute Gasteiger partial charge is 0.335 e. The second kappa shape index (κ2) is 4.84. The van der Waals surface area contributed by atoms with Crippen LogP contribution in [-0.4, -0.2) is 22.9 Å². The molecule has 0 radical (unpaired) electrons. The minimum atomic E-state index is -1.04. The van der Waals surface area contributed by atoms with Crippen molar-refractivity contribution < 1.29 is 19.5 Å². The lowest BCUT2D eigenvalue weighted by molar-refractivity contribution is -0.122. The van der Waals surface area contributed by atoms with Crippen molar-refractivity contribution in [2.75, 3.05) is 4.90 Å². The van der Waals surface area contributed by atoms with Gasteiger partial charge in [0, 0.05) is 0 Å². The first-order valence-electron chi connectivity index (χ1n) is 6.88. The number of hydrogen-bond donors (Lipinski definition) is 1. The molecule has 2 amide bonds. The number of carbonyl (C=O) groups is 3. The first kappa shape index (κ1) is 13.5. The van der Waals surface area contributed by atoms with Crippen molar-refractivity contribution in [3.05, 3.63) is 42.0 Å². The van der Waals surface area contributed by atoms with Crippen LogP contribution in [0.2, 0.25) is 0 Å². The summed E-state index contributed by atoms with van der Waals surface area (Å²) >= 11 is 0. The summed E-state index contributed by atoms with van der Waals surface area (Å²) in [7, 11) is 0. The van der Waals surface area contributed by atoms with Crippen LogP contribution in [0.3, 0.4) is 0 Å². The third kappa shape index (κ3) is 2.05. The third-order valence-corrected chi connectivity index (χ3v) is 4.25. The molecule has 5 heteroatoms. The fourth-order valence-electron chi connectivity index (χ4n) is 3.16. The Morgan fingerprint density at radius 2 is 1.86 bits per heavy atom. The maximum atomic E-state index is 12.5. The van der Waals surface area contributed by atoms with Crippen molar-refractivity contribution in [2.45, 2.75) is 13.3 Å². The zero-order chi connectivity index (χ0) is 15.1. The second-order valence-corrected chi connectivity index (χ2v) is 5.52. The predicted molar refractivity (Wildman–Crippen MR) is 75.8 cm³/mol. The molecule has 1 fully saturated rings. The van der Waals surface area contributed by atoms with Crippen molar-refractivity contribution in [3.8, 4) is 0 Å². The highest BCUT2D eigenvalue weighted by Gasteiger charge is 2.50. The normalized spacial score (nSPS) is 27.9. The highest BCUT2D eigenvalue weighted by atomic mass is 16.4. The summed E-state index contributed by atoms with van der Waals surface area (Å²) < 4.78 is 0. The average Bonchev–Trinajstić information content (AvgIpc) is 2.72. The van der Waals surface area contributed by atoms with Crippen LogP contribution in [0, 0.1) is 17.8 Å². The van der Waals surface area contributed by atoms with Crippen molar-refractivity contribution in [3.63, 3.8) is 0 Å². The molecule has 108 valence electrons. The molecule has 1 aromatic carbocycles. The molecule has 0 spiro atoms. The van der Waals surface area contributed by atoms with Gasteiger partial charge in [-0.25, -0.2) is 4.79 Å². The summed E-state index contributed by atoms with van der Waals surface area (Å²) in [6.45, 7) is 1.94. The molecule has 1 aromatic rings. The largest absolute Gasteiger partial charge is 0.478 e. The summed E-state index contributed by atoms with van der Waals surface area (Å²) in [4.78, 5) is 37.1. The molecule has 0 bridgehead atoms. The number of anilines is 1. The minimum Gasteiger partial charge on any atom is -0.478 e. The highest BCUT2D eigenvalue weighted by molar-refractivity contribution is 6.22. The Bertz CT molecular complexity index is 647. The number of allylic oxidation sites excluding steroid dienone is 2. The van der Waals surface area contributed by atoms with E-state index in [2.05, 4.69) is 0 Å². The number of amides is 2. The summed E-state index contributed by atoms with van der Waals surface area (Å²) in [5.41, 5.74) is 0.571. The zero-order valence-corrected chi connectivity index (χ0v) is 11.5. The molecule has 3 atom stereocenters. The van der Waals surface area contributed by atoms with Gasteiger partial charge in [-0.1, -0.05) is 19.1 Å². The molecule has 21 heavy (non-hydrogen) atoms. The zero-order valence-electron chi connectivity index (χ0n) is 11.5. The number of fused-ring (bicyclic) bond motifs is 1. The van der Waals surface area contributed by atoms with Crippen LogP contribution in [0.25, 0.3) is 0 Å². The van der Waals surface area contributed by atoms with Crippen LogP contribution in [0.15, 0.2) is 36.4 Å². The van der Waals surface area contributed by atoms with Gasteiger partial charge < -0.3 is 5.11 Å². The van der Waals surface area contributed by atoms with E-state index in [1.165, 1.54) is 29.2 Å². The van der Waals surface area contributed by atoms with Crippen LogP contribution in [-0.2, 0) is 9.59 Å². The van der Waals surface area contributed by atoms with Crippen molar-refractivity contribution >= 4 is 23.5 Å². The first-order chi connectivity index (χ1) is 10.0. The molecule has 1 saturated heterocycles. The SMILES string of the molecule is C[C@@H]1C=CC[C@H]2C(=O)N(c3ccc(C(=O)O)cc3)C(=O)[C@H]12. The topological polar surface area (TPSA) is 74.7 Å². The molecule has 1 N–H and O–H groups in total. The van der Waals surface area contributed by atoms with Crippen LogP contribution < -0.4 is 4.90 Å². The average molecular weight is 285 g/mol. The van der Waals surface area contributed by atoms with E-state index in [0.29, 0.717) is 12.1 Å². The van der Waals surface area contributed by atoms with Gasteiger partial charge in [-0.2, -0.15) is 0 Å². The van der Waals surface area contributed by atoms with E-state index in [4.69, 9.17) is 5.11 Å². The molecule has 3 rings (SSSR count). The van der Waals surface area contributed by atoms with Gasteiger partial charge in [0.15, 0.2) is 0 Å². The predicted octanol–water partition coefficient (Wildman–Crippen LogP) is 2.09. The van der Waals surface area contributed by atoms with Gasteiger partial charge in [-0.3, -0.25) is 14.5 Å². The van der Waals surface area contributed by atoms with Crippen LogP contribution >= 0.6 is 0 Å². The number of hydrogen-bond acceptors (Lipinski definition) is 3. The number of benzene rings is 1. The Morgan fingerprint density at radius 3 is 2.43 bits per heavy atom. The number of imide groups is 1. The number of nitrogens with zero attached hydrogens (tertiary/aromatic N) is 1. The fraction of sp³-hybridized carbons (Fsp3) is 0.312. The fourth-order valence-corrected chi connectivity index (χ4v) is 3.16. The van der Waals surface area contributed by atoms with Gasteiger partial charge in [0.1, 0.15) is 0 Å². The number of carboxylic acids is 1. The molecule has 2 aliphatic rings. The van der Waals surface area contributed by atoms with E-state index in [1.807, 2.05) is 19.1 Å². The monoisotopic (exact) mass is 285 g/mol. The summed E-state index contributed by atoms with van der Waals surface area (Å²) in [5, 5.41) is 8.89. The number of carbonyl (C=O) groups excluding carboxylic acids is 2.